The molecule has 0 aromatic heterocycles. The van der Waals surface area contributed by atoms with Gasteiger partial charge in [0.05, 0.1) is 12.2 Å². The van der Waals surface area contributed by atoms with Crippen molar-refractivity contribution in [2.24, 2.45) is 5.18 Å². The van der Waals surface area contributed by atoms with Crippen LogP contribution in [0.4, 0.5) is 5.69 Å². The van der Waals surface area contributed by atoms with E-state index in [1.807, 2.05) is 36.4 Å². The third-order valence-electron chi connectivity index (χ3n) is 6.11. The molecule has 1 amide bonds. The smallest absolute Gasteiger partial charge is 0.257 e. The zero-order valence-corrected chi connectivity index (χ0v) is 18.4. The Hall–Kier alpha value is -3.32. The lowest BCUT2D eigenvalue weighted by Gasteiger charge is -2.41. The second-order valence-electron chi connectivity index (χ2n) is 8.19. The SMILES string of the molecule is O=Nc1ccc(CN2C(=O)c3ccccc3C2(O[C@H]2C=C[C@@H](O)C2)c2ccc(Cl)cc2)cc1. The van der Waals surface area contributed by atoms with Gasteiger partial charge in [-0.05, 0) is 41.1 Å². The number of hydrogen-bond donors (Lipinski definition) is 1. The summed E-state index contributed by atoms with van der Waals surface area (Å²) in [6.07, 6.45) is 2.95. The molecule has 1 heterocycles. The number of halogens is 1. The summed E-state index contributed by atoms with van der Waals surface area (Å²) in [5.74, 6) is -0.166. The number of nitrogens with zero attached hydrogens (tertiary/aromatic N) is 2. The van der Waals surface area contributed by atoms with Gasteiger partial charge in [0.1, 0.15) is 5.69 Å². The Morgan fingerprint density at radius 2 is 1.76 bits per heavy atom. The number of aliphatic hydroxyl groups excluding tert-OH is 1. The molecule has 3 atom stereocenters. The fourth-order valence-corrected chi connectivity index (χ4v) is 4.69. The number of benzene rings is 3. The second kappa shape index (κ2) is 8.56. The minimum absolute atomic E-state index is 0.166. The van der Waals surface area contributed by atoms with Crippen molar-refractivity contribution in [2.75, 3.05) is 0 Å². The fraction of sp³-hybridized carbons (Fsp3) is 0.192. The van der Waals surface area contributed by atoms with Crippen LogP contribution in [0.1, 0.15) is 33.5 Å². The molecule has 0 radical (unpaired) electrons. The number of fused-ring (bicyclic) bond motifs is 1. The number of nitroso groups, excluding NO2 is 1. The van der Waals surface area contributed by atoms with Crippen LogP contribution in [-0.4, -0.2) is 28.1 Å². The van der Waals surface area contributed by atoms with Gasteiger partial charge >= 0.3 is 0 Å². The lowest BCUT2D eigenvalue weighted by Crippen LogP contribution is -2.48. The first-order valence-corrected chi connectivity index (χ1v) is 11.0. The van der Waals surface area contributed by atoms with Gasteiger partial charge in [-0.3, -0.25) is 9.69 Å². The lowest BCUT2D eigenvalue weighted by molar-refractivity contribution is -0.137. The second-order valence-corrected chi connectivity index (χ2v) is 8.63. The Labute approximate surface area is 196 Å². The van der Waals surface area contributed by atoms with E-state index in [4.69, 9.17) is 16.3 Å². The summed E-state index contributed by atoms with van der Waals surface area (Å²) in [7, 11) is 0. The van der Waals surface area contributed by atoms with Gasteiger partial charge in [0, 0.05) is 34.7 Å². The van der Waals surface area contributed by atoms with Crippen LogP contribution >= 0.6 is 11.6 Å². The third kappa shape index (κ3) is 3.76. The van der Waals surface area contributed by atoms with Crippen molar-refractivity contribution in [3.63, 3.8) is 0 Å². The largest absolute Gasteiger partial charge is 0.389 e. The first-order valence-electron chi connectivity index (χ1n) is 10.7. The molecule has 0 saturated heterocycles. The highest BCUT2D eigenvalue weighted by Gasteiger charge is 2.53. The van der Waals surface area contributed by atoms with Crippen LogP contribution in [0.25, 0.3) is 0 Å². The Kier molecular flexibility index (Phi) is 5.58. The Morgan fingerprint density at radius 3 is 2.42 bits per heavy atom. The monoisotopic (exact) mass is 460 g/mol. The minimum atomic E-state index is -1.22. The van der Waals surface area contributed by atoms with Crippen molar-refractivity contribution in [2.45, 2.75) is 30.9 Å². The number of ether oxygens (including phenoxy) is 1. The van der Waals surface area contributed by atoms with Gasteiger partial charge in [-0.25, -0.2) is 0 Å². The van der Waals surface area contributed by atoms with E-state index in [1.165, 1.54) is 0 Å². The van der Waals surface area contributed by atoms with Gasteiger partial charge in [0.2, 0.25) is 0 Å². The molecule has 166 valence electrons. The molecule has 0 spiro atoms. The summed E-state index contributed by atoms with van der Waals surface area (Å²) < 4.78 is 6.73. The summed E-state index contributed by atoms with van der Waals surface area (Å²) in [4.78, 5) is 26.2. The van der Waals surface area contributed by atoms with Crippen molar-refractivity contribution in [3.8, 4) is 0 Å². The molecule has 0 saturated carbocycles. The summed E-state index contributed by atoms with van der Waals surface area (Å²) in [5.41, 5.74) is 1.97. The maximum atomic E-state index is 13.7. The third-order valence-corrected chi connectivity index (χ3v) is 6.36. The highest BCUT2D eigenvalue weighted by molar-refractivity contribution is 6.30. The standard InChI is InChI=1S/C26H21ClN2O4/c27-19-9-7-18(8-10-19)26(33-22-14-13-21(30)15-22)24-4-2-1-3-23(24)25(31)29(26)16-17-5-11-20(28-32)12-6-17/h1-14,21-22,30H,15-16H2/t21-,22+,26?/m1/s1. The van der Waals surface area contributed by atoms with Crippen molar-refractivity contribution in [3.05, 3.63) is 117 Å². The number of amides is 1. The van der Waals surface area contributed by atoms with Crippen molar-refractivity contribution in [1.29, 1.82) is 0 Å². The van der Waals surface area contributed by atoms with E-state index >= 15 is 0 Å². The maximum absolute atomic E-state index is 13.7. The van der Waals surface area contributed by atoms with E-state index < -0.39 is 17.9 Å². The van der Waals surface area contributed by atoms with Gasteiger partial charge < -0.3 is 9.84 Å². The van der Waals surface area contributed by atoms with Gasteiger partial charge in [0.25, 0.3) is 5.91 Å². The molecule has 0 bridgehead atoms. The van der Waals surface area contributed by atoms with Crippen LogP contribution in [0, 0.1) is 4.91 Å². The predicted octanol–water partition coefficient (Wildman–Crippen LogP) is 5.30. The molecule has 1 aliphatic carbocycles. The van der Waals surface area contributed by atoms with Crippen molar-refractivity contribution < 1.29 is 14.6 Å². The van der Waals surface area contributed by atoms with Crippen LogP contribution in [-0.2, 0) is 17.0 Å². The summed E-state index contributed by atoms with van der Waals surface area (Å²) in [6, 6.07) is 21.5. The molecule has 6 nitrogen and oxygen atoms in total. The molecule has 1 aliphatic heterocycles. The zero-order valence-electron chi connectivity index (χ0n) is 17.6. The first kappa shape index (κ1) is 21.5. The molecule has 7 heteroatoms. The van der Waals surface area contributed by atoms with E-state index in [1.54, 1.807) is 53.4 Å². The highest BCUT2D eigenvalue weighted by atomic mass is 35.5. The number of rotatable bonds is 6. The molecule has 3 aromatic rings. The number of carbonyl (C=O) groups is 1. The summed E-state index contributed by atoms with van der Waals surface area (Å²) in [5, 5.41) is 13.6. The average Bonchev–Trinajstić information content (AvgIpc) is 3.35. The lowest BCUT2D eigenvalue weighted by atomic mass is 9.92. The molecule has 0 fully saturated rings. The molecule has 3 aromatic carbocycles. The van der Waals surface area contributed by atoms with Gasteiger partial charge in [-0.15, -0.1) is 4.91 Å². The number of carbonyl (C=O) groups excluding carboxylic acids is 1. The topological polar surface area (TPSA) is 79.2 Å². The average molecular weight is 461 g/mol. The quantitative estimate of drug-likeness (QED) is 0.400. The van der Waals surface area contributed by atoms with E-state index in [-0.39, 0.29) is 12.5 Å². The van der Waals surface area contributed by atoms with E-state index in [0.717, 1.165) is 16.7 Å². The Morgan fingerprint density at radius 1 is 1.03 bits per heavy atom. The minimum Gasteiger partial charge on any atom is -0.389 e. The zero-order chi connectivity index (χ0) is 23.0. The maximum Gasteiger partial charge on any atom is 0.257 e. The molecule has 5 rings (SSSR count). The molecule has 33 heavy (non-hydrogen) atoms. The summed E-state index contributed by atoms with van der Waals surface area (Å²) in [6.45, 7) is 0.244. The van der Waals surface area contributed by atoms with Crippen LogP contribution in [0.3, 0.4) is 0 Å². The predicted molar refractivity (Wildman–Crippen MR) is 125 cm³/mol. The van der Waals surface area contributed by atoms with Crippen LogP contribution < -0.4 is 0 Å². The fourth-order valence-electron chi connectivity index (χ4n) is 4.56. The Balaban J connectivity index is 1.67. The van der Waals surface area contributed by atoms with Crippen LogP contribution in [0.15, 0.2) is 90.1 Å². The van der Waals surface area contributed by atoms with E-state index in [9.17, 15) is 14.8 Å². The summed E-state index contributed by atoms with van der Waals surface area (Å²) >= 11 is 6.18. The van der Waals surface area contributed by atoms with Gasteiger partial charge in [-0.1, -0.05) is 66.2 Å². The number of hydrogen-bond acceptors (Lipinski definition) is 5. The van der Waals surface area contributed by atoms with Crippen LogP contribution in [0.5, 0.6) is 0 Å². The van der Waals surface area contributed by atoms with E-state index in [0.29, 0.717) is 22.7 Å². The number of aliphatic hydroxyl groups is 1. The van der Waals surface area contributed by atoms with E-state index in [2.05, 4.69) is 5.18 Å². The Bertz CT molecular complexity index is 1230. The van der Waals surface area contributed by atoms with Gasteiger partial charge in [-0.2, -0.15) is 0 Å². The van der Waals surface area contributed by atoms with Crippen molar-refractivity contribution >= 4 is 23.2 Å². The molecule has 2 aliphatic rings. The normalized spacial score (nSPS) is 23.7. The molecule has 1 unspecified atom stereocenters. The van der Waals surface area contributed by atoms with Crippen LogP contribution in [0.2, 0.25) is 5.02 Å². The first-order chi connectivity index (χ1) is 16.0. The van der Waals surface area contributed by atoms with Gasteiger partial charge in [0.15, 0.2) is 5.72 Å². The van der Waals surface area contributed by atoms with Crippen molar-refractivity contribution in [1.82, 2.24) is 4.90 Å². The molecular weight excluding hydrogens is 440 g/mol. The molecular formula is C26H21ClN2O4. The molecule has 1 N–H and O–H groups in total. The highest BCUT2D eigenvalue weighted by Crippen LogP contribution is 2.47.